The minimum absolute atomic E-state index is 0.320. The number of carbonyl (C=O) groups is 2. The predicted octanol–water partition coefficient (Wildman–Crippen LogP) is 4.99. The topological polar surface area (TPSA) is 64.6 Å². The maximum Gasteiger partial charge on any atom is 0.350 e. The summed E-state index contributed by atoms with van der Waals surface area (Å²) in [6.45, 7) is 2.58. The van der Waals surface area contributed by atoms with Gasteiger partial charge in [0.2, 0.25) is 0 Å². The van der Waals surface area contributed by atoms with E-state index in [1.807, 2.05) is 0 Å². The molecule has 0 saturated heterocycles. The zero-order chi connectivity index (χ0) is 19.3. The van der Waals surface area contributed by atoms with Crippen LogP contribution < -0.4 is 10.1 Å². The first kappa shape index (κ1) is 20.4. The molecule has 0 radical (unpaired) electrons. The number of halogens is 3. The van der Waals surface area contributed by atoms with Crippen LogP contribution in [0.4, 0.5) is 5.69 Å². The highest BCUT2D eigenvalue weighted by Gasteiger charge is 2.32. The average molecular weight is 417 g/mol. The van der Waals surface area contributed by atoms with Crippen molar-refractivity contribution in [1.29, 1.82) is 0 Å². The average Bonchev–Trinajstić information content (AvgIpc) is 2.58. The lowest BCUT2D eigenvalue weighted by molar-refractivity contribution is -0.161. The molecule has 1 amide bonds. The van der Waals surface area contributed by atoms with Gasteiger partial charge < -0.3 is 14.8 Å². The first-order chi connectivity index (χ1) is 12.2. The van der Waals surface area contributed by atoms with Crippen molar-refractivity contribution in [3.63, 3.8) is 0 Å². The largest absolute Gasteiger partial charge is 0.476 e. The third kappa shape index (κ3) is 5.80. The summed E-state index contributed by atoms with van der Waals surface area (Å²) in [5.41, 5.74) is -0.959. The van der Waals surface area contributed by atoms with E-state index in [-0.39, 0.29) is 0 Å². The number of esters is 1. The van der Waals surface area contributed by atoms with Crippen LogP contribution in [0.3, 0.4) is 0 Å². The fraction of sp³-hybridized carbons (Fsp3) is 0.222. The van der Waals surface area contributed by atoms with Crippen LogP contribution in [0.1, 0.15) is 13.8 Å². The van der Waals surface area contributed by atoms with Crippen LogP contribution in [-0.4, -0.2) is 24.1 Å². The number of benzene rings is 2. The van der Waals surface area contributed by atoms with Crippen LogP contribution in [0, 0.1) is 0 Å². The molecule has 0 unspecified atom stereocenters. The van der Waals surface area contributed by atoms with Gasteiger partial charge in [0.1, 0.15) is 5.75 Å². The van der Waals surface area contributed by atoms with Gasteiger partial charge >= 0.3 is 5.97 Å². The van der Waals surface area contributed by atoms with E-state index in [0.717, 1.165) is 0 Å². The highest BCUT2D eigenvalue weighted by molar-refractivity contribution is 6.35. The van der Waals surface area contributed by atoms with Crippen molar-refractivity contribution < 1.29 is 19.1 Å². The van der Waals surface area contributed by atoms with E-state index in [4.69, 9.17) is 44.3 Å². The summed E-state index contributed by atoms with van der Waals surface area (Å²) < 4.78 is 10.6. The third-order valence-corrected chi connectivity index (χ3v) is 4.03. The van der Waals surface area contributed by atoms with Crippen LogP contribution >= 0.6 is 34.8 Å². The molecule has 5 nitrogen and oxygen atoms in total. The monoisotopic (exact) mass is 415 g/mol. The lowest BCUT2D eigenvalue weighted by atomic mass is 10.1. The van der Waals surface area contributed by atoms with E-state index < -0.39 is 24.1 Å². The highest BCUT2D eigenvalue weighted by Crippen LogP contribution is 2.25. The highest BCUT2D eigenvalue weighted by atomic mass is 35.5. The van der Waals surface area contributed by atoms with Gasteiger partial charge in [-0.2, -0.15) is 0 Å². The molecule has 26 heavy (non-hydrogen) atoms. The van der Waals surface area contributed by atoms with Crippen molar-refractivity contribution in [2.75, 3.05) is 11.9 Å². The minimum atomic E-state index is -1.29. The second kappa shape index (κ2) is 8.62. The van der Waals surface area contributed by atoms with Gasteiger partial charge in [0.25, 0.3) is 5.91 Å². The van der Waals surface area contributed by atoms with Crippen LogP contribution in [-0.2, 0) is 14.3 Å². The Morgan fingerprint density at radius 1 is 1.00 bits per heavy atom. The summed E-state index contributed by atoms with van der Waals surface area (Å²) in [5, 5.41) is 3.81. The summed E-state index contributed by atoms with van der Waals surface area (Å²) in [7, 11) is 0. The third-order valence-electron chi connectivity index (χ3n) is 3.22. The molecule has 0 fully saturated rings. The fourth-order valence-electron chi connectivity index (χ4n) is 1.92. The molecule has 1 N–H and O–H groups in total. The molecule has 0 atom stereocenters. The van der Waals surface area contributed by atoms with E-state index in [2.05, 4.69) is 5.32 Å². The first-order valence-corrected chi connectivity index (χ1v) is 8.67. The molecule has 138 valence electrons. The van der Waals surface area contributed by atoms with Crippen molar-refractivity contribution in [2.45, 2.75) is 19.4 Å². The van der Waals surface area contributed by atoms with Gasteiger partial charge in [-0.3, -0.25) is 4.79 Å². The number of hydrogen-bond donors (Lipinski definition) is 1. The summed E-state index contributed by atoms with van der Waals surface area (Å²) in [4.78, 5) is 24.2. The lowest BCUT2D eigenvalue weighted by Gasteiger charge is -2.24. The molecule has 0 spiro atoms. The Labute approximate surface area is 166 Å². The maximum absolute atomic E-state index is 12.2. The second-order valence-corrected chi connectivity index (χ2v) is 7.09. The van der Waals surface area contributed by atoms with Gasteiger partial charge in [0, 0.05) is 10.0 Å². The van der Waals surface area contributed by atoms with Crippen LogP contribution in [0.2, 0.25) is 15.1 Å². The van der Waals surface area contributed by atoms with Crippen LogP contribution in [0.15, 0.2) is 42.5 Å². The Morgan fingerprint density at radius 3 is 2.27 bits per heavy atom. The number of anilines is 1. The quantitative estimate of drug-likeness (QED) is 0.674. The standard InChI is InChI=1S/C18H16Cl3NO4/c1-18(2,26-13-6-3-11(19)4-7-13)17(24)25-10-16(23)22-15-9-12(20)5-8-14(15)21/h3-9H,10H2,1-2H3,(H,22,23). The van der Waals surface area contributed by atoms with Crippen LogP contribution in [0.25, 0.3) is 0 Å². The van der Waals surface area contributed by atoms with E-state index in [9.17, 15) is 9.59 Å². The molecule has 2 aromatic carbocycles. The summed E-state index contributed by atoms with van der Waals surface area (Å²) in [6, 6.07) is 11.2. The molecule has 2 rings (SSSR count). The molecule has 8 heteroatoms. The number of hydrogen-bond acceptors (Lipinski definition) is 4. The van der Waals surface area contributed by atoms with Crippen molar-refractivity contribution in [2.24, 2.45) is 0 Å². The molecule has 0 saturated carbocycles. The zero-order valence-corrected chi connectivity index (χ0v) is 16.3. The van der Waals surface area contributed by atoms with E-state index >= 15 is 0 Å². The molecular weight excluding hydrogens is 401 g/mol. The molecule has 2 aromatic rings. The van der Waals surface area contributed by atoms with Crippen molar-refractivity contribution >= 4 is 52.4 Å². The fourth-order valence-corrected chi connectivity index (χ4v) is 2.39. The van der Waals surface area contributed by atoms with Gasteiger partial charge in [0.15, 0.2) is 12.2 Å². The predicted molar refractivity (Wildman–Crippen MR) is 102 cm³/mol. The number of ether oxygens (including phenoxy) is 2. The lowest BCUT2D eigenvalue weighted by Crippen LogP contribution is -2.41. The zero-order valence-electron chi connectivity index (χ0n) is 14.0. The summed E-state index contributed by atoms with van der Waals surface area (Å²) in [6.07, 6.45) is 0. The number of amides is 1. The summed E-state index contributed by atoms with van der Waals surface area (Å²) in [5.74, 6) is -0.795. The van der Waals surface area contributed by atoms with Crippen molar-refractivity contribution in [3.05, 3.63) is 57.5 Å². The Morgan fingerprint density at radius 2 is 1.62 bits per heavy atom. The Hall–Kier alpha value is -1.95. The number of carbonyl (C=O) groups excluding carboxylic acids is 2. The summed E-state index contributed by atoms with van der Waals surface area (Å²) >= 11 is 17.6. The SMILES string of the molecule is CC(C)(Oc1ccc(Cl)cc1)C(=O)OCC(=O)Nc1cc(Cl)ccc1Cl. The number of nitrogens with one attached hydrogen (secondary N) is 1. The van der Waals surface area contributed by atoms with Gasteiger partial charge in [-0.25, -0.2) is 4.79 Å². The maximum atomic E-state index is 12.2. The smallest absolute Gasteiger partial charge is 0.350 e. The van der Waals surface area contributed by atoms with E-state index in [1.54, 1.807) is 36.4 Å². The van der Waals surface area contributed by atoms with Crippen molar-refractivity contribution in [3.8, 4) is 5.75 Å². The van der Waals surface area contributed by atoms with Gasteiger partial charge in [-0.05, 0) is 56.3 Å². The van der Waals surface area contributed by atoms with Gasteiger partial charge in [0.05, 0.1) is 10.7 Å². The van der Waals surface area contributed by atoms with E-state index in [0.29, 0.717) is 26.5 Å². The van der Waals surface area contributed by atoms with Crippen LogP contribution in [0.5, 0.6) is 5.75 Å². The molecule has 0 aliphatic carbocycles. The second-order valence-electron chi connectivity index (χ2n) is 5.81. The van der Waals surface area contributed by atoms with E-state index in [1.165, 1.54) is 19.9 Å². The normalized spacial score (nSPS) is 11.0. The first-order valence-electron chi connectivity index (χ1n) is 7.54. The Balaban J connectivity index is 1.90. The molecule has 0 bridgehead atoms. The Bertz CT molecular complexity index is 807. The minimum Gasteiger partial charge on any atom is -0.476 e. The Kier molecular flexibility index (Phi) is 6.75. The number of rotatable bonds is 6. The van der Waals surface area contributed by atoms with Gasteiger partial charge in [-0.15, -0.1) is 0 Å². The van der Waals surface area contributed by atoms with Crippen molar-refractivity contribution in [1.82, 2.24) is 0 Å². The molecule has 0 aliphatic rings. The molecule has 0 heterocycles. The molecular formula is C18H16Cl3NO4. The van der Waals surface area contributed by atoms with Gasteiger partial charge in [-0.1, -0.05) is 34.8 Å². The molecule has 0 aliphatic heterocycles. The molecule has 0 aromatic heterocycles.